The lowest BCUT2D eigenvalue weighted by atomic mass is 10.2. The molecule has 0 atom stereocenters. The maximum atomic E-state index is 11.7. The summed E-state index contributed by atoms with van der Waals surface area (Å²) in [6, 6.07) is 8.35. The molecule has 1 rings (SSSR count). The molecule has 0 aromatic heterocycles. The van der Waals surface area contributed by atoms with Crippen molar-refractivity contribution in [2.45, 2.75) is 6.92 Å². The van der Waals surface area contributed by atoms with E-state index < -0.39 is 21.6 Å². The van der Waals surface area contributed by atoms with Crippen LogP contribution in [0.3, 0.4) is 0 Å². The Labute approximate surface area is 101 Å². The largest absolute Gasteiger partial charge is 0.293 e. The van der Waals surface area contributed by atoms with Crippen LogP contribution in [-0.2, 0) is 10.0 Å². The Hall–Kier alpha value is -1.46. The molecular formula is C12H15NO3S. The Kier molecular flexibility index (Phi) is 4.60. The molecule has 0 aliphatic heterocycles. The molecule has 0 amide bonds. The molecule has 1 aromatic carbocycles. The predicted molar refractivity (Wildman–Crippen MR) is 67.4 cm³/mol. The molecule has 5 heteroatoms. The van der Waals surface area contributed by atoms with Gasteiger partial charge in [-0.2, -0.15) is 0 Å². The lowest BCUT2D eigenvalue weighted by Gasteiger charge is -2.05. The first-order valence-corrected chi connectivity index (χ1v) is 6.76. The Morgan fingerprint density at radius 2 is 1.88 bits per heavy atom. The van der Waals surface area contributed by atoms with Gasteiger partial charge in [-0.3, -0.25) is 4.79 Å². The van der Waals surface area contributed by atoms with Gasteiger partial charge < -0.3 is 0 Å². The van der Waals surface area contributed by atoms with Crippen LogP contribution in [0.1, 0.15) is 17.3 Å². The SMILES string of the molecule is C=C(C)CNS(=O)(=O)CC(=O)c1ccccc1. The minimum Gasteiger partial charge on any atom is -0.293 e. The van der Waals surface area contributed by atoms with Crippen LogP contribution >= 0.6 is 0 Å². The second-order valence-electron chi connectivity index (χ2n) is 3.83. The average molecular weight is 253 g/mol. The van der Waals surface area contributed by atoms with E-state index in [1.807, 2.05) is 0 Å². The van der Waals surface area contributed by atoms with Gasteiger partial charge in [0.05, 0.1) is 0 Å². The van der Waals surface area contributed by atoms with E-state index in [0.717, 1.165) is 0 Å². The number of carbonyl (C=O) groups is 1. The van der Waals surface area contributed by atoms with Crippen molar-refractivity contribution in [1.82, 2.24) is 4.72 Å². The summed E-state index contributed by atoms with van der Waals surface area (Å²) in [4.78, 5) is 11.7. The zero-order chi connectivity index (χ0) is 12.9. The third-order valence-electron chi connectivity index (χ3n) is 2.01. The summed E-state index contributed by atoms with van der Waals surface area (Å²) in [6.07, 6.45) is 0. The molecule has 0 unspecified atom stereocenters. The van der Waals surface area contributed by atoms with Crippen molar-refractivity contribution in [1.29, 1.82) is 0 Å². The minimum absolute atomic E-state index is 0.157. The van der Waals surface area contributed by atoms with Gasteiger partial charge in [0, 0.05) is 12.1 Å². The number of sulfonamides is 1. The van der Waals surface area contributed by atoms with Crippen molar-refractivity contribution >= 4 is 15.8 Å². The summed E-state index contributed by atoms with van der Waals surface area (Å²) in [6.45, 7) is 5.45. The zero-order valence-corrected chi connectivity index (χ0v) is 10.5. The van der Waals surface area contributed by atoms with Crippen molar-refractivity contribution in [3.63, 3.8) is 0 Å². The number of rotatable bonds is 6. The highest BCUT2D eigenvalue weighted by atomic mass is 32.2. The van der Waals surface area contributed by atoms with Gasteiger partial charge in [0.2, 0.25) is 10.0 Å². The van der Waals surface area contributed by atoms with Crippen LogP contribution in [0.15, 0.2) is 42.5 Å². The molecule has 0 saturated carbocycles. The van der Waals surface area contributed by atoms with E-state index in [0.29, 0.717) is 11.1 Å². The number of hydrogen-bond acceptors (Lipinski definition) is 3. The molecule has 0 fully saturated rings. The quantitative estimate of drug-likeness (QED) is 0.615. The first-order valence-electron chi connectivity index (χ1n) is 5.11. The summed E-state index contributed by atoms with van der Waals surface area (Å²) >= 11 is 0. The Balaban J connectivity index is 2.66. The summed E-state index contributed by atoms with van der Waals surface area (Å²) in [5.74, 6) is -0.954. The lowest BCUT2D eigenvalue weighted by molar-refractivity contribution is 0.102. The molecular weight excluding hydrogens is 238 g/mol. The highest BCUT2D eigenvalue weighted by molar-refractivity contribution is 7.90. The lowest BCUT2D eigenvalue weighted by Crippen LogP contribution is -2.31. The molecule has 92 valence electrons. The minimum atomic E-state index is -3.58. The molecule has 0 heterocycles. The summed E-state index contributed by atoms with van der Waals surface area (Å²) in [7, 11) is -3.58. The molecule has 17 heavy (non-hydrogen) atoms. The fourth-order valence-electron chi connectivity index (χ4n) is 1.16. The number of Topliss-reactive ketones (excluding diaryl/α,β-unsaturated/α-hetero) is 1. The van der Waals surface area contributed by atoms with Gasteiger partial charge in [-0.15, -0.1) is 0 Å². The molecule has 0 aliphatic rings. The Bertz CT molecular complexity index is 506. The first kappa shape index (κ1) is 13.6. The number of carbonyl (C=O) groups excluding carboxylic acids is 1. The van der Waals surface area contributed by atoms with E-state index in [1.54, 1.807) is 37.3 Å². The van der Waals surface area contributed by atoms with Crippen molar-refractivity contribution in [3.05, 3.63) is 48.0 Å². The fraction of sp³-hybridized carbons (Fsp3) is 0.250. The molecule has 0 spiro atoms. The number of benzene rings is 1. The summed E-state index contributed by atoms with van der Waals surface area (Å²) in [5.41, 5.74) is 1.09. The van der Waals surface area contributed by atoms with E-state index >= 15 is 0 Å². The van der Waals surface area contributed by atoms with E-state index in [-0.39, 0.29) is 6.54 Å². The molecule has 0 saturated heterocycles. The van der Waals surface area contributed by atoms with Crippen LogP contribution in [0.5, 0.6) is 0 Å². The van der Waals surface area contributed by atoms with Crippen LogP contribution in [0.4, 0.5) is 0 Å². The normalized spacial score (nSPS) is 11.1. The average Bonchev–Trinajstić information content (AvgIpc) is 2.27. The summed E-state index contributed by atoms with van der Waals surface area (Å²) < 4.78 is 25.4. The van der Waals surface area contributed by atoms with Gasteiger partial charge in [-0.1, -0.05) is 42.5 Å². The van der Waals surface area contributed by atoms with Gasteiger partial charge in [-0.05, 0) is 6.92 Å². The molecule has 4 nitrogen and oxygen atoms in total. The fourth-order valence-corrected chi connectivity index (χ4v) is 2.24. The number of nitrogens with one attached hydrogen (secondary N) is 1. The Morgan fingerprint density at radius 3 is 2.41 bits per heavy atom. The topological polar surface area (TPSA) is 63.2 Å². The van der Waals surface area contributed by atoms with Crippen molar-refractivity contribution < 1.29 is 13.2 Å². The van der Waals surface area contributed by atoms with Crippen LogP contribution in [0.2, 0.25) is 0 Å². The standard InChI is InChI=1S/C12H15NO3S/c1-10(2)8-13-17(15,16)9-12(14)11-6-4-3-5-7-11/h3-7,13H,1,8-9H2,2H3. The van der Waals surface area contributed by atoms with Gasteiger partial charge in [0.15, 0.2) is 5.78 Å². The van der Waals surface area contributed by atoms with Crippen molar-refractivity contribution in [3.8, 4) is 0 Å². The van der Waals surface area contributed by atoms with Crippen molar-refractivity contribution in [2.24, 2.45) is 0 Å². The predicted octanol–water partition coefficient (Wildman–Crippen LogP) is 1.36. The Morgan fingerprint density at radius 1 is 1.29 bits per heavy atom. The van der Waals surface area contributed by atoms with Gasteiger partial charge in [0.25, 0.3) is 0 Å². The maximum absolute atomic E-state index is 11.7. The monoisotopic (exact) mass is 253 g/mol. The highest BCUT2D eigenvalue weighted by Gasteiger charge is 2.16. The van der Waals surface area contributed by atoms with Crippen LogP contribution in [-0.4, -0.2) is 26.5 Å². The van der Waals surface area contributed by atoms with Crippen LogP contribution in [0, 0.1) is 0 Å². The molecule has 1 aromatic rings. The van der Waals surface area contributed by atoms with Gasteiger partial charge >= 0.3 is 0 Å². The number of ketones is 1. The van der Waals surface area contributed by atoms with Crippen LogP contribution in [0.25, 0.3) is 0 Å². The smallest absolute Gasteiger partial charge is 0.219 e. The highest BCUT2D eigenvalue weighted by Crippen LogP contribution is 2.02. The zero-order valence-electron chi connectivity index (χ0n) is 9.64. The van der Waals surface area contributed by atoms with E-state index in [1.165, 1.54) is 0 Å². The second-order valence-corrected chi connectivity index (χ2v) is 5.63. The van der Waals surface area contributed by atoms with Crippen molar-refractivity contribution in [2.75, 3.05) is 12.3 Å². The third kappa shape index (κ3) is 4.93. The number of hydrogen-bond donors (Lipinski definition) is 1. The molecule has 0 bridgehead atoms. The summed E-state index contributed by atoms with van der Waals surface area (Å²) in [5, 5.41) is 0. The maximum Gasteiger partial charge on any atom is 0.219 e. The van der Waals surface area contributed by atoms with E-state index in [4.69, 9.17) is 0 Å². The first-order chi connectivity index (χ1) is 7.91. The second kappa shape index (κ2) is 5.75. The molecule has 0 aliphatic carbocycles. The molecule has 1 N–H and O–H groups in total. The van der Waals surface area contributed by atoms with Gasteiger partial charge in [-0.25, -0.2) is 13.1 Å². The van der Waals surface area contributed by atoms with E-state index in [2.05, 4.69) is 11.3 Å². The molecule has 0 radical (unpaired) electrons. The van der Waals surface area contributed by atoms with E-state index in [9.17, 15) is 13.2 Å². The third-order valence-corrected chi connectivity index (χ3v) is 3.24. The van der Waals surface area contributed by atoms with Crippen LogP contribution < -0.4 is 4.72 Å². The van der Waals surface area contributed by atoms with Gasteiger partial charge in [0.1, 0.15) is 5.75 Å².